The molecule has 92 valence electrons. The Labute approximate surface area is 110 Å². The van der Waals surface area contributed by atoms with Gasteiger partial charge in [-0.3, -0.25) is 9.80 Å². The van der Waals surface area contributed by atoms with Crippen molar-refractivity contribution in [3.63, 3.8) is 0 Å². The van der Waals surface area contributed by atoms with E-state index in [0.717, 1.165) is 34.1 Å². The van der Waals surface area contributed by atoms with E-state index < -0.39 is 0 Å². The molecule has 3 nitrogen and oxygen atoms in total. The standard InChI is InChI=1S/C13H17BrN2O/c1-4-5-15(3)16-8-10-7-11(14)6-9(2)12(10)13(16)17/h6-7H,4-5,8H2,1-3H3. The lowest BCUT2D eigenvalue weighted by molar-refractivity contribution is 0.00764. The van der Waals surface area contributed by atoms with Crippen LogP contribution in [0.15, 0.2) is 16.6 Å². The molecule has 0 aromatic heterocycles. The third kappa shape index (κ3) is 2.24. The number of halogens is 1. The van der Waals surface area contributed by atoms with Crippen LogP contribution < -0.4 is 0 Å². The van der Waals surface area contributed by atoms with Gasteiger partial charge in [0.1, 0.15) is 0 Å². The van der Waals surface area contributed by atoms with Crippen molar-refractivity contribution < 1.29 is 4.79 Å². The van der Waals surface area contributed by atoms with E-state index in [1.807, 2.05) is 36.1 Å². The van der Waals surface area contributed by atoms with Gasteiger partial charge >= 0.3 is 0 Å². The number of aryl methyl sites for hydroxylation is 1. The van der Waals surface area contributed by atoms with Gasteiger partial charge in [0, 0.05) is 23.6 Å². The van der Waals surface area contributed by atoms with Gasteiger partial charge in [0.25, 0.3) is 5.91 Å². The van der Waals surface area contributed by atoms with Crippen LogP contribution in [0, 0.1) is 6.92 Å². The van der Waals surface area contributed by atoms with Crippen molar-refractivity contribution in [2.24, 2.45) is 0 Å². The number of fused-ring (bicyclic) bond motifs is 1. The largest absolute Gasteiger partial charge is 0.269 e. The number of carbonyl (C=O) groups excluding carboxylic acids is 1. The third-order valence-electron chi connectivity index (χ3n) is 3.11. The van der Waals surface area contributed by atoms with Crippen molar-refractivity contribution in [1.82, 2.24) is 10.0 Å². The van der Waals surface area contributed by atoms with Gasteiger partial charge in [0.15, 0.2) is 0 Å². The quantitative estimate of drug-likeness (QED) is 0.856. The van der Waals surface area contributed by atoms with Crippen LogP contribution in [0.3, 0.4) is 0 Å². The second-order valence-corrected chi connectivity index (χ2v) is 5.42. The minimum atomic E-state index is 0.126. The van der Waals surface area contributed by atoms with E-state index in [1.54, 1.807) is 0 Å². The van der Waals surface area contributed by atoms with Crippen molar-refractivity contribution in [3.8, 4) is 0 Å². The Morgan fingerprint density at radius 1 is 1.47 bits per heavy atom. The lowest BCUT2D eigenvalue weighted by Gasteiger charge is -2.27. The van der Waals surface area contributed by atoms with Crippen LogP contribution in [0.5, 0.6) is 0 Å². The molecule has 1 aliphatic rings. The van der Waals surface area contributed by atoms with Gasteiger partial charge in [0.2, 0.25) is 0 Å². The van der Waals surface area contributed by atoms with E-state index in [-0.39, 0.29) is 5.91 Å². The van der Waals surface area contributed by atoms with E-state index in [9.17, 15) is 4.79 Å². The number of rotatable bonds is 3. The average molecular weight is 297 g/mol. The number of carbonyl (C=O) groups is 1. The Morgan fingerprint density at radius 2 is 2.18 bits per heavy atom. The van der Waals surface area contributed by atoms with Crippen molar-refractivity contribution in [2.75, 3.05) is 13.6 Å². The average Bonchev–Trinajstić information content (AvgIpc) is 2.56. The van der Waals surface area contributed by atoms with E-state index in [4.69, 9.17) is 0 Å². The fraction of sp³-hybridized carbons (Fsp3) is 0.462. The van der Waals surface area contributed by atoms with Crippen LogP contribution in [-0.2, 0) is 6.54 Å². The molecule has 1 aromatic rings. The molecule has 4 heteroatoms. The summed E-state index contributed by atoms with van der Waals surface area (Å²) in [5.74, 6) is 0.126. The fourth-order valence-electron chi connectivity index (χ4n) is 2.33. The van der Waals surface area contributed by atoms with Gasteiger partial charge in [-0.25, -0.2) is 5.01 Å². The maximum atomic E-state index is 12.3. The monoisotopic (exact) mass is 296 g/mol. The maximum Gasteiger partial charge on any atom is 0.269 e. The molecule has 0 saturated carbocycles. The normalized spacial score (nSPS) is 14.6. The summed E-state index contributed by atoms with van der Waals surface area (Å²) < 4.78 is 1.04. The van der Waals surface area contributed by atoms with E-state index in [0.29, 0.717) is 6.54 Å². The summed E-state index contributed by atoms with van der Waals surface area (Å²) in [6.45, 7) is 5.70. The Hall–Kier alpha value is -0.870. The van der Waals surface area contributed by atoms with E-state index >= 15 is 0 Å². The van der Waals surface area contributed by atoms with Gasteiger partial charge in [-0.2, -0.15) is 0 Å². The molecular formula is C13H17BrN2O. The number of hydrogen-bond acceptors (Lipinski definition) is 2. The summed E-state index contributed by atoms with van der Waals surface area (Å²) in [5.41, 5.74) is 3.03. The topological polar surface area (TPSA) is 23.6 Å². The zero-order valence-electron chi connectivity index (χ0n) is 10.5. The summed E-state index contributed by atoms with van der Waals surface area (Å²) in [5, 5.41) is 3.84. The first-order valence-electron chi connectivity index (χ1n) is 5.86. The first-order chi connectivity index (χ1) is 8.04. The second kappa shape index (κ2) is 4.78. The highest BCUT2D eigenvalue weighted by atomic mass is 79.9. The molecule has 0 N–H and O–H groups in total. The molecular weight excluding hydrogens is 280 g/mol. The Bertz CT molecular complexity index is 459. The summed E-state index contributed by atoms with van der Waals surface area (Å²) >= 11 is 3.48. The minimum absolute atomic E-state index is 0.126. The lowest BCUT2D eigenvalue weighted by atomic mass is 10.0. The zero-order chi connectivity index (χ0) is 12.6. The first kappa shape index (κ1) is 12.6. The molecule has 0 unspecified atom stereocenters. The van der Waals surface area contributed by atoms with Crippen LogP contribution in [0.25, 0.3) is 0 Å². The molecule has 2 rings (SSSR count). The summed E-state index contributed by atoms with van der Waals surface area (Å²) in [6.07, 6.45) is 1.04. The number of nitrogens with zero attached hydrogens (tertiary/aromatic N) is 2. The summed E-state index contributed by atoms with van der Waals surface area (Å²) in [7, 11) is 1.97. The van der Waals surface area contributed by atoms with Gasteiger partial charge in [-0.15, -0.1) is 0 Å². The third-order valence-corrected chi connectivity index (χ3v) is 3.57. The highest BCUT2D eigenvalue weighted by Crippen LogP contribution is 2.29. The Balaban J connectivity index is 2.32. The van der Waals surface area contributed by atoms with Crippen molar-refractivity contribution >= 4 is 21.8 Å². The number of amides is 1. The molecule has 1 aliphatic heterocycles. The Kier molecular flexibility index (Phi) is 3.54. The highest BCUT2D eigenvalue weighted by molar-refractivity contribution is 9.10. The molecule has 0 bridgehead atoms. The van der Waals surface area contributed by atoms with E-state index in [1.165, 1.54) is 0 Å². The summed E-state index contributed by atoms with van der Waals surface area (Å²) in [4.78, 5) is 12.3. The molecule has 1 amide bonds. The predicted octanol–water partition coefficient (Wildman–Crippen LogP) is 2.97. The molecule has 0 atom stereocenters. The van der Waals surface area contributed by atoms with Gasteiger partial charge < -0.3 is 0 Å². The molecule has 17 heavy (non-hydrogen) atoms. The van der Waals surface area contributed by atoms with Crippen molar-refractivity contribution in [3.05, 3.63) is 33.3 Å². The van der Waals surface area contributed by atoms with Crippen LogP contribution in [0.1, 0.15) is 34.8 Å². The van der Waals surface area contributed by atoms with Gasteiger partial charge in [0.05, 0.1) is 6.54 Å². The van der Waals surface area contributed by atoms with E-state index in [2.05, 4.69) is 22.9 Å². The molecule has 0 radical (unpaired) electrons. The fourth-order valence-corrected chi connectivity index (χ4v) is 2.95. The number of hydrazine groups is 1. The lowest BCUT2D eigenvalue weighted by Crippen LogP contribution is -2.40. The van der Waals surface area contributed by atoms with Gasteiger partial charge in [-0.05, 0) is 36.6 Å². The SMILES string of the molecule is CCCN(C)N1Cc2cc(Br)cc(C)c2C1=O. The molecule has 0 saturated heterocycles. The first-order valence-corrected chi connectivity index (χ1v) is 6.65. The molecule has 0 fully saturated rings. The molecule has 1 heterocycles. The zero-order valence-corrected chi connectivity index (χ0v) is 12.0. The maximum absolute atomic E-state index is 12.3. The van der Waals surface area contributed by atoms with Crippen molar-refractivity contribution in [2.45, 2.75) is 26.8 Å². The molecule has 0 spiro atoms. The molecule has 0 aliphatic carbocycles. The Morgan fingerprint density at radius 3 is 2.82 bits per heavy atom. The van der Waals surface area contributed by atoms with Crippen LogP contribution in [0.2, 0.25) is 0 Å². The number of hydrogen-bond donors (Lipinski definition) is 0. The van der Waals surface area contributed by atoms with Crippen molar-refractivity contribution in [1.29, 1.82) is 0 Å². The summed E-state index contributed by atoms with van der Waals surface area (Å²) in [6, 6.07) is 4.04. The minimum Gasteiger partial charge on any atom is -0.268 e. The predicted molar refractivity (Wildman–Crippen MR) is 71.7 cm³/mol. The van der Waals surface area contributed by atoms with Gasteiger partial charge in [-0.1, -0.05) is 22.9 Å². The second-order valence-electron chi connectivity index (χ2n) is 4.50. The number of benzene rings is 1. The smallest absolute Gasteiger partial charge is 0.268 e. The van der Waals surface area contributed by atoms with Crippen LogP contribution >= 0.6 is 15.9 Å². The van der Waals surface area contributed by atoms with Crippen LogP contribution in [-0.4, -0.2) is 29.5 Å². The van der Waals surface area contributed by atoms with Crippen LogP contribution in [0.4, 0.5) is 0 Å². The highest BCUT2D eigenvalue weighted by Gasteiger charge is 2.31. The molecule has 1 aromatic carbocycles.